The topological polar surface area (TPSA) is 90.0 Å². The largest absolute Gasteiger partial charge is 0.381 e. The van der Waals surface area contributed by atoms with Gasteiger partial charge in [-0.05, 0) is 12.1 Å². The van der Waals surface area contributed by atoms with Crippen LogP contribution in [0.1, 0.15) is 0 Å². The molecule has 0 fully saturated rings. The minimum Gasteiger partial charge on any atom is -0.381 e. The number of nitrogens with one attached hydrogen (secondary N) is 1. The van der Waals surface area contributed by atoms with Crippen molar-refractivity contribution in [1.29, 1.82) is 0 Å². The molecule has 1 aromatic carbocycles. The van der Waals surface area contributed by atoms with E-state index in [0.29, 0.717) is 0 Å². The van der Waals surface area contributed by atoms with E-state index in [1.807, 2.05) is 4.72 Å². The lowest BCUT2D eigenvalue weighted by Crippen LogP contribution is -2.16. The summed E-state index contributed by atoms with van der Waals surface area (Å²) < 4.78 is 53.7. The third-order valence-electron chi connectivity index (χ3n) is 2.31. The zero-order valence-electron chi connectivity index (χ0n) is 9.76. The van der Waals surface area contributed by atoms with Gasteiger partial charge in [-0.2, -0.15) is 5.10 Å². The molecule has 0 spiro atoms. The Morgan fingerprint density at radius 3 is 2.37 bits per heavy atom. The van der Waals surface area contributed by atoms with Crippen LogP contribution >= 0.6 is 0 Å². The van der Waals surface area contributed by atoms with Crippen LogP contribution in [0.3, 0.4) is 0 Å². The van der Waals surface area contributed by atoms with Gasteiger partial charge in [0.05, 0.1) is 0 Å². The summed E-state index contributed by atoms with van der Waals surface area (Å²) in [6, 6.07) is 3.00. The molecule has 1 aromatic heterocycles. The number of rotatable bonds is 3. The number of para-hydroxylation sites is 1. The van der Waals surface area contributed by atoms with Gasteiger partial charge in [-0.25, -0.2) is 17.2 Å². The van der Waals surface area contributed by atoms with Crippen LogP contribution in [0.2, 0.25) is 0 Å². The van der Waals surface area contributed by atoms with Gasteiger partial charge in [-0.15, -0.1) is 0 Å². The molecule has 0 radical (unpaired) electrons. The molecule has 0 aliphatic carbocycles. The smallest absolute Gasteiger partial charge is 0.267 e. The molecule has 0 amide bonds. The summed E-state index contributed by atoms with van der Waals surface area (Å²) in [5.74, 6) is -2.30. The van der Waals surface area contributed by atoms with Gasteiger partial charge in [-0.3, -0.25) is 9.40 Å². The van der Waals surface area contributed by atoms with E-state index < -0.39 is 27.3 Å². The fraction of sp³-hybridized carbons (Fsp3) is 0.100. The van der Waals surface area contributed by atoms with E-state index in [9.17, 15) is 17.2 Å². The molecule has 0 aliphatic heterocycles. The Labute approximate surface area is 107 Å². The van der Waals surface area contributed by atoms with Gasteiger partial charge < -0.3 is 5.73 Å². The molecular weight excluding hydrogens is 278 g/mol. The van der Waals surface area contributed by atoms with E-state index in [1.165, 1.54) is 11.7 Å². The predicted molar refractivity (Wildman–Crippen MR) is 64.8 cm³/mol. The summed E-state index contributed by atoms with van der Waals surface area (Å²) in [4.78, 5) is -0.349. The number of aromatic nitrogens is 2. The minimum atomic E-state index is -4.21. The molecule has 2 aromatic rings. The van der Waals surface area contributed by atoms with Crippen molar-refractivity contribution >= 4 is 21.5 Å². The SMILES string of the molecule is Cn1cc(S(=O)(=O)Nc2c(F)cccc2F)c(N)n1. The highest BCUT2D eigenvalue weighted by Gasteiger charge is 2.23. The molecule has 9 heteroatoms. The predicted octanol–water partition coefficient (Wildman–Crippen LogP) is 1.08. The Hall–Kier alpha value is -2.16. The second-order valence-electron chi connectivity index (χ2n) is 3.75. The molecule has 0 unspecified atom stereocenters. The van der Waals surface area contributed by atoms with Gasteiger partial charge in [-0.1, -0.05) is 6.07 Å². The Morgan fingerprint density at radius 1 is 1.32 bits per heavy atom. The Kier molecular flexibility index (Phi) is 3.14. The van der Waals surface area contributed by atoms with Crippen molar-refractivity contribution in [3.8, 4) is 0 Å². The van der Waals surface area contributed by atoms with Crippen LogP contribution in [0.5, 0.6) is 0 Å². The van der Waals surface area contributed by atoms with Crippen molar-refractivity contribution in [3.63, 3.8) is 0 Å². The number of hydrogen-bond donors (Lipinski definition) is 2. The summed E-state index contributed by atoms with van der Waals surface area (Å²) in [6.45, 7) is 0. The first kappa shape index (κ1) is 13.3. The van der Waals surface area contributed by atoms with Crippen LogP contribution in [-0.2, 0) is 17.1 Å². The highest BCUT2D eigenvalue weighted by molar-refractivity contribution is 7.92. The van der Waals surface area contributed by atoms with Crippen molar-refractivity contribution < 1.29 is 17.2 Å². The summed E-state index contributed by atoms with van der Waals surface area (Å²) in [5, 5.41) is 3.65. The third-order valence-corrected chi connectivity index (χ3v) is 3.68. The third kappa shape index (κ3) is 2.50. The second-order valence-corrected chi connectivity index (χ2v) is 5.41. The van der Waals surface area contributed by atoms with Crippen LogP contribution in [0, 0.1) is 11.6 Å². The molecule has 0 aliphatic rings. The Morgan fingerprint density at radius 2 is 1.89 bits per heavy atom. The summed E-state index contributed by atoms with van der Waals surface area (Å²) in [5.41, 5.74) is 4.66. The first-order valence-corrected chi connectivity index (χ1v) is 6.55. The van der Waals surface area contributed by atoms with E-state index in [-0.39, 0.29) is 10.7 Å². The molecule has 0 saturated carbocycles. The summed E-state index contributed by atoms with van der Waals surface area (Å²) >= 11 is 0. The number of sulfonamides is 1. The number of halogens is 2. The van der Waals surface area contributed by atoms with Crippen LogP contribution < -0.4 is 10.5 Å². The van der Waals surface area contributed by atoms with Gasteiger partial charge in [0, 0.05) is 13.2 Å². The van der Waals surface area contributed by atoms with E-state index in [1.54, 1.807) is 0 Å². The lowest BCUT2D eigenvalue weighted by Gasteiger charge is -2.08. The number of hydrogen-bond acceptors (Lipinski definition) is 4. The number of aryl methyl sites for hydroxylation is 1. The molecule has 0 atom stereocenters. The van der Waals surface area contributed by atoms with Crippen molar-refractivity contribution in [2.75, 3.05) is 10.5 Å². The van der Waals surface area contributed by atoms with Gasteiger partial charge in [0.2, 0.25) is 0 Å². The summed E-state index contributed by atoms with van der Waals surface area (Å²) in [6.07, 6.45) is 1.14. The Bertz CT molecular complexity index is 707. The van der Waals surface area contributed by atoms with Crippen LogP contribution in [0.25, 0.3) is 0 Å². The standard InChI is InChI=1S/C10H10F2N4O2S/c1-16-5-8(10(13)14-16)19(17,18)15-9-6(11)3-2-4-7(9)12/h2-5,15H,1H3,(H2,13,14). The lowest BCUT2D eigenvalue weighted by atomic mass is 10.3. The average molecular weight is 288 g/mol. The molecule has 0 saturated heterocycles. The minimum absolute atomic E-state index is 0.258. The second kappa shape index (κ2) is 4.50. The van der Waals surface area contributed by atoms with Crippen molar-refractivity contribution in [2.45, 2.75) is 4.90 Å². The molecular formula is C10H10F2N4O2S. The van der Waals surface area contributed by atoms with Crippen LogP contribution in [-0.4, -0.2) is 18.2 Å². The maximum atomic E-state index is 13.4. The first-order valence-electron chi connectivity index (χ1n) is 5.07. The molecule has 1 heterocycles. The number of nitrogens with zero attached hydrogens (tertiary/aromatic N) is 2. The molecule has 102 valence electrons. The monoisotopic (exact) mass is 288 g/mol. The fourth-order valence-electron chi connectivity index (χ4n) is 1.48. The highest BCUT2D eigenvalue weighted by atomic mass is 32.2. The maximum absolute atomic E-state index is 13.4. The zero-order chi connectivity index (χ0) is 14.2. The number of nitrogen functional groups attached to an aromatic ring is 1. The van der Waals surface area contributed by atoms with E-state index in [0.717, 1.165) is 24.4 Å². The highest BCUT2D eigenvalue weighted by Crippen LogP contribution is 2.24. The number of nitrogens with two attached hydrogens (primary N) is 1. The molecule has 19 heavy (non-hydrogen) atoms. The van der Waals surface area contributed by atoms with Gasteiger partial charge in [0.25, 0.3) is 10.0 Å². The maximum Gasteiger partial charge on any atom is 0.267 e. The van der Waals surface area contributed by atoms with E-state index >= 15 is 0 Å². The normalized spacial score (nSPS) is 11.5. The zero-order valence-corrected chi connectivity index (χ0v) is 10.6. The van der Waals surface area contributed by atoms with E-state index in [4.69, 9.17) is 5.73 Å². The summed E-state index contributed by atoms with van der Waals surface area (Å²) in [7, 11) is -2.74. The Balaban J connectivity index is 2.45. The average Bonchev–Trinajstić information content (AvgIpc) is 2.64. The fourth-order valence-corrected chi connectivity index (χ4v) is 2.66. The molecule has 6 nitrogen and oxygen atoms in total. The molecule has 0 bridgehead atoms. The van der Waals surface area contributed by atoms with Gasteiger partial charge >= 0.3 is 0 Å². The number of benzene rings is 1. The first-order chi connectivity index (χ1) is 8.81. The van der Waals surface area contributed by atoms with Gasteiger partial charge in [0.1, 0.15) is 22.2 Å². The van der Waals surface area contributed by atoms with Crippen LogP contribution in [0.15, 0.2) is 29.3 Å². The van der Waals surface area contributed by atoms with Crippen molar-refractivity contribution in [2.24, 2.45) is 7.05 Å². The van der Waals surface area contributed by atoms with E-state index in [2.05, 4.69) is 5.10 Å². The molecule has 2 rings (SSSR count). The van der Waals surface area contributed by atoms with Crippen molar-refractivity contribution in [3.05, 3.63) is 36.0 Å². The van der Waals surface area contributed by atoms with Crippen LogP contribution in [0.4, 0.5) is 20.3 Å². The number of anilines is 2. The quantitative estimate of drug-likeness (QED) is 0.884. The molecule has 3 N–H and O–H groups in total. The lowest BCUT2D eigenvalue weighted by molar-refractivity contribution is 0.583. The van der Waals surface area contributed by atoms with Crippen molar-refractivity contribution in [1.82, 2.24) is 9.78 Å². The van der Waals surface area contributed by atoms with Gasteiger partial charge in [0.15, 0.2) is 5.82 Å².